The third-order valence-electron chi connectivity index (χ3n) is 1.35. The van der Waals surface area contributed by atoms with E-state index < -0.39 is 0 Å². The number of carbonyl (C=O) groups excluding carboxylic acids is 1. The maximum Gasteiger partial charge on any atom is 0.287 e. The molecule has 0 atom stereocenters. The van der Waals surface area contributed by atoms with Gasteiger partial charge in [0.05, 0.1) is 0 Å². The fourth-order valence-corrected chi connectivity index (χ4v) is 0.918. The second kappa shape index (κ2) is 4.58. The molecule has 1 rings (SSSR count). The Labute approximate surface area is 81.1 Å². The SMILES string of the molecule is C#CCCNC(=O)c1ccc(Cl)o1. The maximum atomic E-state index is 11.2. The first-order chi connectivity index (χ1) is 6.24. The van der Waals surface area contributed by atoms with Crippen molar-refractivity contribution in [1.29, 1.82) is 0 Å². The highest BCUT2D eigenvalue weighted by Gasteiger charge is 2.08. The Morgan fingerprint density at radius 3 is 3.00 bits per heavy atom. The van der Waals surface area contributed by atoms with Crippen molar-refractivity contribution in [2.45, 2.75) is 6.42 Å². The molecule has 1 amide bonds. The van der Waals surface area contributed by atoms with E-state index in [-0.39, 0.29) is 16.9 Å². The number of terminal acetylenes is 1. The molecule has 0 aliphatic rings. The molecule has 0 bridgehead atoms. The van der Waals surface area contributed by atoms with Gasteiger partial charge in [-0.25, -0.2) is 0 Å². The number of carbonyl (C=O) groups is 1. The van der Waals surface area contributed by atoms with Gasteiger partial charge in [-0.3, -0.25) is 4.79 Å². The lowest BCUT2D eigenvalue weighted by Crippen LogP contribution is -2.23. The monoisotopic (exact) mass is 197 g/mol. The topological polar surface area (TPSA) is 42.2 Å². The van der Waals surface area contributed by atoms with Crippen LogP contribution in [0.1, 0.15) is 17.0 Å². The molecule has 1 aromatic rings. The summed E-state index contributed by atoms with van der Waals surface area (Å²) in [5.41, 5.74) is 0. The van der Waals surface area contributed by atoms with Crippen LogP contribution in [0.5, 0.6) is 0 Å². The zero-order chi connectivity index (χ0) is 9.68. The molecule has 0 spiro atoms. The van der Waals surface area contributed by atoms with Crippen LogP contribution in [0, 0.1) is 12.3 Å². The second-order valence-corrected chi connectivity index (χ2v) is 2.69. The summed E-state index contributed by atoms with van der Waals surface area (Å²) in [7, 11) is 0. The Bertz CT molecular complexity index is 338. The van der Waals surface area contributed by atoms with E-state index in [0.29, 0.717) is 13.0 Å². The lowest BCUT2D eigenvalue weighted by atomic mass is 10.4. The highest BCUT2D eigenvalue weighted by molar-refractivity contribution is 6.29. The average molecular weight is 198 g/mol. The molecule has 1 aromatic heterocycles. The zero-order valence-electron chi connectivity index (χ0n) is 6.84. The summed E-state index contributed by atoms with van der Waals surface area (Å²) < 4.78 is 4.88. The standard InChI is InChI=1S/C9H8ClNO2/c1-2-3-6-11-9(12)7-4-5-8(10)13-7/h1,4-5H,3,6H2,(H,11,12). The summed E-state index contributed by atoms with van der Waals surface area (Å²) in [5.74, 6) is 2.30. The van der Waals surface area contributed by atoms with Crippen LogP contribution in [0.4, 0.5) is 0 Å². The normalized spacial score (nSPS) is 9.23. The molecule has 0 aliphatic heterocycles. The molecule has 0 saturated carbocycles. The molecule has 4 heteroatoms. The Morgan fingerprint density at radius 1 is 1.69 bits per heavy atom. The van der Waals surface area contributed by atoms with Crippen molar-refractivity contribution >= 4 is 17.5 Å². The van der Waals surface area contributed by atoms with Gasteiger partial charge in [0, 0.05) is 13.0 Å². The lowest BCUT2D eigenvalue weighted by Gasteiger charge is -1.98. The highest BCUT2D eigenvalue weighted by atomic mass is 35.5. The van der Waals surface area contributed by atoms with Gasteiger partial charge in [0.1, 0.15) is 0 Å². The van der Waals surface area contributed by atoms with E-state index in [9.17, 15) is 4.79 Å². The molecule has 13 heavy (non-hydrogen) atoms. The molecule has 0 aliphatic carbocycles. The van der Waals surface area contributed by atoms with Crippen LogP contribution in [0.3, 0.4) is 0 Å². The van der Waals surface area contributed by atoms with Crippen molar-refractivity contribution in [1.82, 2.24) is 5.32 Å². The predicted octanol–water partition coefficient (Wildman–Crippen LogP) is 1.69. The molecular weight excluding hydrogens is 190 g/mol. The van der Waals surface area contributed by atoms with Crippen LogP contribution in [-0.4, -0.2) is 12.5 Å². The summed E-state index contributed by atoms with van der Waals surface area (Å²) in [4.78, 5) is 11.2. The molecular formula is C9H8ClNO2. The molecule has 68 valence electrons. The van der Waals surface area contributed by atoms with Crippen molar-refractivity contribution < 1.29 is 9.21 Å². The summed E-state index contributed by atoms with van der Waals surface area (Å²) in [6.07, 6.45) is 5.51. The largest absolute Gasteiger partial charge is 0.440 e. The summed E-state index contributed by atoms with van der Waals surface area (Å²) in [6.45, 7) is 0.438. The van der Waals surface area contributed by atoms with Gasteiger partial charge in [-0.2, -0.15) is 0 Å². The summed E-state index contributed by atoms with van der Waals surface area (Å²) in [5, 5.41) is 2.78. The van der Waals surface area contributed by atoms with Gasteiger partial charge in [0.2, 0.25) is 0 Å². The molecule has 0 radical (unpaired) electrons. The number of halogens is 1. The molecule has 0 fully saturated rings. The van der Waals surface area contributed by atoms with Gasteiger partial charge in [-0.1, -0.05) is 0 Å². The third kappa shape index (κ3) is 2.85. The number of hydrogen-bond acceptors (Lipinski definition) is 2. The van der Waals surface area contributed by atoms with Crippen molar-refractivity contribution in [3.05, 3.63) is 23.1 Å². The predicted molar refractivity (Wildman–Crippen MR) is 49.5 cm³/mol. The van der Waals surface area contributed by atoms with E-state index in [1.807, 2.05) is 0 Å². The minimum absolute atomic E-state index is 0.196. The van der Waals surface area contributed by atoms with Crippen molar-refractivity contribution in [2.75, 3.05) is 6.54 Å². The quantitative estimate of drug-likeness (QED) is 0.592. The van der Waals surface area contributed by atoms with Crippen molar-refractivity contribution in [3.63, 3.8) is 0 Å². The fraction of sp³-hybridized carbons (Fsp3) is 0.222. The van der Waals surface area contributed by atoms with E-state index in [1.165, 1.54) is 12.1 Å². The van der Waals surface area contributed by atoms with Crippen molar-refractivity contribution in [2.24, 2.45) is 0 Å². The summed E-state index contributed by atoms with van der Waals surface area (Å²) in [6, 6.07) is 3.02. The van der Waals surface area contributed by atoms with E-state index in [2.05, 4.69) is 11.2 Å². The third-order valence-corrected chi connectivity index (χ3v) is 1.56. The Hall–Kier alpha value is -1.40. The van der Waals surface area contributed by atoms with E-state index in [0.717, 1.165) is 0 Å². The smallest absolute Gasteiger partial charge is 0.287 e. The Balaban J connectivity index is 2.45. The average Bonchev–Trinajstić information content (AvgIpc) is 2.52. The molecule has 0 saturated heterocycles. The highest BCUT2D eigenvalue weighted by Crippen LogP contribution is 2.12. The minimum atomic E-state index is -0.304. The number of hydrogen-bond donors (Lipinski definition) is 1. The van der Waals surface area contributed by atoms with Crippen LogP contribution in [0.25, 0.3) is 0 Å². The van der Waals surface area contributed by atoms with Crippen LogP contribution in [-0.2, 0) is 0 Å². The fourth-order valence-electron chi connectivity index (χ4n) is 0.772. The van der Waals surface area contributed by atoms with Crippen LogP contribution >= 0.6 is 11.6 Å². The first-order valence-corrected chi connectivity index (χ1v) is 4.09. The molecule has 0 unspecified atom stereocenters. The number of furan rings is 1. The van der Waals surface area contributed by atoms with Gasteiger partial charge in [-0.15, -0.1) is 12.3 Å². The van der Waals surface area contributed by atoms with Gasteiger partial charge in [0.15, 0.2) is 11.0 Å². The Kier molecular flexibility index (Phi) is 3.41. The molecule has 0 aromatic carbocycles. The number of amides is 1. The van der Waals surface area contributed by atoms with Gasteiger partial charge >= 0.3 is 0 Å². The first-order valence-electron chi connectivity index (χ1n) is 3.71. The van der Waals surface area contributed by atoms with E-state index >= 15 is 0 Å². The van der Waals surface area contributed by atoms with E-state index in [1.54, 1.807) is 0 Å². The van der Waals surface area contributed by atoms with Crippen molar-refractivity contribution in [3.8, 4) is 12.3 Å². The molecule has 1 heterocycles. The number of rotatable bonds is 3. The van der Waals surface area contributed by atoms with E-state index in [4.69, 9.17) is 22.4 Å². The second-order valence-electron chi connectivity index (χ2n) is 2.31. The maximum absolute atomic E-state index is 11.2. The van der Waals surface area contributed by atoms with Crippen LogP contribution in [0.15, 0.2) is 16.5 Å². The van der Waals surface area contributed by atoms with Crippen LogP contribution in [0.2, 0.25) is 5.22 Å². The molecule has 1 N–H and O–H groups in total. The molecule has 3 nitrogen and oxygen atoms in total. The summed E-state index contributed by atoms with van der Waals surface area (Å²) >= 11 is 5.49. The van der Waals surface area contributed by atoms with Crippen LogP contribution < -0.4 is 5.32 Å². The lowest BCUT2D eigenvalue weighted by molar-refractivity contribution is 0.0927. The number of nitrogens with one attached hydrogen (secondary N) is 1. The Morgan fingerprint density at radius 2 is 2.46 bits per heavy atom. The first kappa shape index (κ1) is 9.69. The van der Waals surface area contributed by atoms with Gasteiger partial charge in [-0.05, 0) is 23.7 Å². The van der Waals surface area contributed by atoms with Gasteiger partial charge < -0.3 is 9.73 Å². The zero-order valence-corrected chi connectivity index (χ0v) is 7.60. The minimum Gasteiger partial charge on any atom is -0.440 e. The van der Waals surface area contributed by atoms with Gasteiger partial charge in [0.25, 0.3) is 5.91 Å².